The molecule has 0 radical (unpaired) electrons. The van der Waals surface area contributed by atoms with Crippen LogP contribution in [-0.4, -0.2) is 18.6 Å². The van der Waals surface area contributed by atoms with Crippen molar-refractivity contribution < 1.29 is 9.53 Å². The highest BCUT2D eigenvalue weighted by Crippen LogP contribution is 2.28. The number of halogens is 2. The lowest BCUT2D eigenvalue weighted by Gasteiger charge is -2.16. The van der Waals surface area contributed by atoms with Gasteiger partial charge in [-0.1, -0.05) is 54.6 Å². The number of carbonyl (C=O) groups excluding carboxylic acids is 1. The van der Waals surface area contributed by atoms with Crippen LogP contribution < -0.4 is 10.1 Å². The van der Waals surface area contributed by atoms with Gasteiger partial charge >= 0.3 is 0 Å². The number of carbonyl (C=O) groups is 1. The molecule has 0 fully saturated rings. The Hall–Kier alpha value is -1.71. The van der Waals surface area contributed by atoms with Crippen LogP contribution in [-0.2, 0) is 4.79 Å². The summed E-state index contributed by atoms with van der Waals surface area (Å²) in [6.07, 6.45) is 4.38. The fourth-order valence-electron chi connectivity index (χ4n) is 1.50. The lowest BCUT2D eigenvalue weighted by molar-refractivity contribution is -0.127. The van der Waals surface area contributed by atoms with Crippen molar-refractivity contribution in [3.63, 3.8) is 0 Å². The minimum absolute atomic E-state index is 0.252. The van der Waals surface area contributed by atoms with Gasteiger partial charge in [-0.25, -0.2) is 0 Å². The average Bonchev–Trinajstić information content (AvgIpc) is 2.45. The fraction of sp³-hybridized carbons (Fsp3) is 0.188. The zero-order chi connectivity index (χ0) is 15.8. The summed E-state index contributed by atoms with van der Waals surface area (Å²) in [6, 6.07) is 4.84. The summed E-state index contributed by atoms with van der Waals surface area (Å²) in [6.45, 7) is 9.26. The molecule has 0 aliphatic carbocycles. The molecule has 1 aromatic rings. The van der Waals surface area contributed by atoms with E-state index in [2.05, 4.69) is 18.5 Å². The first kappa shape index (κ1) is 17.3. The van der Waals surface area contributed by atoms with Crippen molar-refractivity contribution in [1.82, 2.24) is 5.32 Å². The first-order valence-corrected chi connectivity index (χ1v) is 7.07. The molecule has 0 bridgehead atoms. The Morgan fingerprint density at radius 1 is 1.43 bits per heavy atom. The molecule has 1 atom stereocenters. The van der Waals surface area contributed by atoms with Crippen LogP contribution in [0.2, 0.25) is 10.0 Å². The van der Waals surface area contributed by atoms with Crippen LogP contribution in [0.5, 0.6) is 5.75 Å². The van der Waals surface area contributed by atoms with Gasteiger partial charge in [-0.3, -0.25) is 4.79 Å². The van der Waals surface area contributed by atoms with Gasteiger partial charge in [-0.05, 0) is 30.7 Å². The molecule has 21 heavy (non-hydrogen) atoms. The van der Waals surface area contributed by atoms with Gasteiger partial charge in [0.15, 0.2) is 6.10 Å². The predicted octanol–water partition coefficient (Wildman–Crippen LogP) is 4.18. The van der Waals surface area contributed by atoms with Gasteiger partial charge in [-0.2, -0.15) is 0 Å². The Kier molecular flexibility index (Phi) is 7.06. The quantitative estimate of drug-likeness (QED) is 0.764. The molecular weight excluding hydrogens is 309 g/mol. The van der Waals surface area contributed by atoms with Crippen LogP contribution in [0.25, 0.3) is 0 Å². The van der Waals surface area contributed by atoms with Crippen molar-refractivity contribution in [2.24, 2.45) is 0 Å². The van der Waals surface area contributed by atoms with Gasteiger partial charge in [-0.15, -0.1) is 0 Å². The van der Waals surface area contributed by atoms with Crippen molar-refractivity contribution in [1.29, 1.82) is 0 Å². The van der Waals surface area contributed by atoms with Crippen molar-refractivity contribution in [3.8, 4) is 5.75 Å². The zero-order valence-corrected chi connectivity index (χ0v) is 13.2. The van der Waals surface area contributed by atoms with Crippen molar-refractivity contribution >= 4 is 29.1 Å². The second-order valence-corrected chi connectivity index (χ2v) is 5.08. The summed E-state index contributed by atoms with van der Waals surface area (Å²) in [5.74, 6) is 0.159. The number of ether oxygens (including phenoxy) is 1. The molecule has 0 saturated heterocycles. The summed E-state index contributed by atoms with van der Waals surface area (Å²) in [4.78, 5) is 12.0. The highest BCUT2D eigenvalue weighted by Gasteiger charge is 2.15. The van der Waals surface area contributed by atoms with E-state index in [4.69, 9.17) is 27.9 Å². The van der Waals surface area contributed by atoms with Gasteiger partial charge in [0.2, 0.25) is 0 Å². The van der Waals surface area contributed by atoms with E-state index in [1.165, 1.54) is 0 Å². The second kappa shape index (κ2) is 8.55. The standard InChI is InChI=1S/C16H17Cl2NO2/c1-4-6-12(5-2)10-19-16(20)11(3)21-15-8-7-13(17)9-14(15)18/h4-9,11H,1-2,10H2,3H3,(H,19,20). The van der Waals surface area contributed by atoms with Crippen LogP contribution in [0.15, 0.2) is 55.2 Å². The highest BCUT2D eigenvalue weighted by atomic mass is 35.5. The summed E-state index contributed by atoms with van der Waals surface area (Å²) in [5.41, 5.74) is 0.857. The van der Waals surface area contributed by atoms with Crippen molar-refractivity contribution in [2.75, 3.05) is 6.54 Å². The van der Waals surface area contributed by atoms with Crippen LogP contribution in [0.1, 0.15) is 6.92 Å². The lowest BCUT2D eigenvalue weighted by Crippen LogP contribution is -2.37. The van der Waals surface area contributed by atoms with E-state index in [0.717, 1.165) is 5.57 Å². The van der Waals surface area contributed by atoms with Crippen LogP contribution in [0.3, 0.4) is 0 Å². The van der Waals surface area contributed by atoms with Gasteiger partial charge in [0.1, 0.15) is 5.75 Å². The summed E-state index contributed by atoms with van der Waals surface area (Å²) in [5, 5.41) is 3.62. The Bertz CT molecular complexity index is 567. The molecule has 3 nitrogen and oxygen atoms in total. The summed E-state index contributed by atoms with van der Waals surface area (Å²) >= 11 is 11.8. The molecule has 0 aliphatic heterocycles. The van der Waals surface area contributed by atoms with E-state index in [-0.39, 0.29) is 5.91 Å². The van der Waals surface area contributed by atoms with E-state index < -0.39 is 6.10 Å². The first-order chi connectivity index (χ1) is 9.97. The molecule has 1 aromatic carbocycles. The van der Waals surface area contributed by atoms with Gasteiger partial charge in [0, 0.05) is 11.6 Å². The van der Waals surface area contributed by atoms with Gasteiger partial charge in [0.05, 0.1) is 5.02 Å². The van der Waals surface area contributed by atoms with Crippen molar-refractivity contribution in [2.45, 2.75) is 13.0 Å². The fourth-order valence-corrected chi connectivity index (χ4v) is 1.95. The minimum Gasteiger partial charge on any atom is -0.479 e. The maximum Gasteiger partial charge on any atom is 0.261 e. The lowest BCUT2D eigenvalue weighted by atomic mass is 10.2. The molecule has 1 amide bonds. The summed E-state index contributed by atoms with van der Waals surface area (Å²) < 4.78 is 5.52. The van der Waals surface area contributed by atoms with E-state index in [1.807, 2.05) is 0 Å². The molecule has 112 valence electrons. The molecule has 0 saturated carbocycles. The number of benzene rings is 1. The third-order valence-electron chi connectivity index (χ3n) is 2.63. The maximum absolute atomic E-state index is 12.0. The molecule has 1 rings (SSSR count). The summed E-state index contributed by atoms with van der Waals surface area (Å²) in [7, 11) is 0. The number of allylic oxidation sites excluding steroid dienone is 2. The van der Waals surface area contributed by atoms with Gasteiger partial charge < -0.3 is 10.1 Å². The minimum atomic E-state index is -0.682. The highest BCUT2D eigenvalue weighted by molar-refractivity contribution is 6.35. The molecule has 0 aromatic heterocycles. The largest absolute Gasteiger partial charge is 0.479 e. The number of nitrogens with one attached hydrogen (secondary N) is 1. The van der Waals surface area contributed by atoms with Gasteiger partial charge in [0.25, 0.3) is 5.91 Å². The first-order valence-electron chi connectivity index (χ1n) is 6.31. The zero-order valence-electron chi connectivity index (χ0n) is 11.7. The monoisotopic (exact) mass is 325 g/mol. The molecule has 1 unspecified atom stereocenters. The van der Waals surface area contributed by atoms with E-state index >= 15 is 0 Å². The third-order valence-corrected chi connectivity index (χ3v) is 3.16. The Morgan fingerprint density at radius 2 is 2.14 bits per heavy atom. The molecule has 1 N–H and O–H groups in total. The second-order valence-electron chi connectivity index (χ2n) is 4.23. The smallest absolute Gasteiger partial charge is 0.261 e. The van der Waals surface area contributed by atoms with E-state index in [0.29, 0.717) is 22.3 Å². The Labute approximate surface area is 134 Å². The maximum atomic E-state index is 12.0. The molecule has 0 heterocycles. The Morgan fingerprint density at radius 3 is 2.71 bits per heavy atom. The third kappa shape index (κ3) is 5.66. The average molecular weight is 326 g/mol. The molecule has 0 aliphatic rings. The molecule has 0 spiro atoms. The van der Waals surface area contributed by atoms with Crippen LogP contribution in [0, 0.1) is 0 Å². The number of hydrogen-bond donors (Lipinski definition) is 1. The SMILES string of the molecule is C=CC=C(C=C)CNC(=O)C(C)Oc1ccc(Cl)cc1Cl. The van der Waals surface area contributed by atoms with Crippen LogP contribution >= 0.6 is 23.2 Å². The predicted molar refractivity (Wildman–Crippen MR) is 88.0 cm³/mol. The number of hydrogen-bond acceptors (Lipinski definition) is 2. The van der Waals surface area contributed by atoms with Crippen LogP contribution in [0.4, 0.5) is 0 Å². The molecule has 5 heteroatoms. The number of amides is 1. The topological polar surface area (TPSA) is 38.3 Å². The number of rotatable bonds is 7. The molecular formula is C16H17Cl2NO2. The Balaban J connectivity index is 2.60. The van der Waals surface area contributed by atoms with Crippen molar-refractivity contribution in [3.05, 3.63) is 65.2 Å². The van der Waals surface area contributed by atoms with E-state index in [9.17, 15) is 4.79 Å². The van der Waals surface area contributed by atoms with E-state index in [1.54, 1.807) is 43.4 Å². The normalized spacial score (nSPS) is 12.4.